The van der Waals surface area contributed by atoms with Gasteiger partial charge in [0.2, 0.25) is 0 Å². The molecule has 3 heteroatoms. The lowest BCUT2D eigenvalue weighted by Crippen LogP contribution is -2.19. The highest BCUT2D eigenvalue weighted by Gasteiger charge is 2.07. The third-order valence-electron chi connectivity index (χ3n) is 2.51. The SMILES string of the molecule is Cc1cc(C=O)c(C)n1CCN(C)C. The summed E-state index contributed by atoms with van der Waals surface area (Å²) in [6.45, 7) is 5.97. The molecular formula is C11H18N2O. The van der Waals surface area contributed by atoms with E-state index < -0.39 is 0 Å². The molecular weight excluding hydrogens is 176 g/mol. The van der Waals surface area contributed by atoms with Gasteiger partial charge in [-0.05, 0) is 34.0 Å². The molecule has 0 fully saturated rings. The molecule has 0 N–H and O–H groups in total. The number of rotatable bonds is 4. The van der Waals surface area contributed by atoms with Gasteiger partial charge >= 0.3 is 0 Å². The van der Waals surface area contributed by atoms with Crippen molar-refractivity contribution in [3.05, 3.63) is 23.0 Å². The summed E-state index contributed by atoms with van der Waals surface area (Å²) < 4.78 is 2.18. The normalized spacial score (nSPS) is 10.9. The van der Waals surface area contributed by atoms with Gasteiger partial charge in [-0.2, -0.15) is 0 Å². The number of aromatic nitrogens is 1. The van der Waals surface area contributed by atoms with Crippen molar-refractivity contribution >= 4 is 6.29 Å². The maximum Gasteiger partial charge on any atom is 0.151 e. The van der Waals surface area contributed by atoms with E-state index >= 15 is 0 Å². The van der Waals surface area contributed by atoms with Crippen molar-refractivity contribution in [3.63, 3.8) is 0 Å². The minimum absolute atomic E-state index is 0.807. The topological polar surface area (TPSA) is 25.2 Å². The van der Waals surface area contributed by atoms with Gasteiger partial charge in [-0.1, -0.05) is 0 Å². The number of hydrogen-bond acceptors (Lipinski definition) is 2. The molecule has 0 amide bonds. The molecule has 0 aliphatic heterocycles. The van der Waals surface area contributed by atoms with Crippen molar-refractivity contribution < 1.29 is 4.79 Å². The molecule has 1 aromatic heterocycles. The molecule has 0 bridgehead atoms. The fourth-order valence-corrected chi connectivity index (χ4v) is 1.59. The quantitative estimate of drug-likeness (QED) is 0.678. The van der Waals surface area contributed by atoms with E-state index in [2.05, 4.69) is 23.6 Å². The Morgan fingerprint density at radius 1 is 1.43 bits per heavy atom. The van der Waals surface area contributed by atoms with Crippen LogP contribution in [0.4, 0.5) is 0 Å². The maximum atomic E-state index is 10.7. The van der Waals surface area contributed by atoms with E-state index in [-0.39, 0.29) is 0 Å². The van der Waals surface area contributed by atoms with E-state index in [4.69, 9.17) is 0 Å². The first-order chi connectivity index (χ1) is 6.56. The molecule has 0 saturated heterocycles. The molecule has 0 aromatic carbocycles. The van der Waals surface area contributed by atoms with E-state index in [0.29, 0.717) is 0 Å². The van der Waals surface area contributed by atoms with Gasteiger partial charge in [-0.15, -0.1) is 0 Å². The average Bonchev–Trinajstić information content (AvgIpc) is 2.39. The van der Waals surface area contributed by atoms with Gasteiger partial charge in [0.25, 0.3) is 0 Å². The fraction of sp³-hybridized carbons (Fsp3) is 0.545. The molecule has 3 nitrogen and oxygen atoms in total. The lowest BCUT2D eigenvalue weighted by Gasteiger charge is -2.13. The minimum Gasteiger partial charge on any atom is -0.347 e. The summed E-state index contributed by atoms with van der Waals surface area (Å²) >= 11 is 0. The van der Waals surface area contributed by atoms with Gasteiger partial charge in [-0.3, -0.25) is 4.79 Å². The molecule has 14 heavy (non-hydrogen) atoms. The van der Waals surface area contributed by atoms with Crippen LogP contribution in [0.25, 0.3) is 0 Å². The van der Waals surface area contributed by atoms with Crippen LogP contribution in [0.15, 0.2) is 6.07 Å². The summed E-state index contributed by atoms with van der Waals surface area (Å²) in [6.07, 6.45) is 0.925. The van der Waals surface area contributed by atoms with E-state index in [0.717, 1.165) is 36.3 Å². The zero-order valence-electron chi connectivity index (χ0n) is 9.37. The van der Waals surface area contributed by atoms with Crippen LogP contribution < -0.4 is 0 Å². The average molecular weight is 194 g/mol. The highest BCUT2D eigenvalue weighted by Crippen LogP contribution is 2.12. The lowest BCUT2D eigenvalue weighted by atomic mass is 10.3. The highest BCUT2D eigenvalue weighted by molar-refractivity contribution is 5.77. The Morgan fingerprint density at radius 2 is 2.07 bits per heavy atom. The summed E-state index contributed by atoms with van der Waals surface area (Å²) in [5.74, 6) is 0. The van der Waals surface area contributed by atoms with Gasteiger partial charge < -0.3 is 9.47 Å². The van der Waals surface area contributed by atoms with Crippen LogP contribution in [0.1, 0.15) is 21.7 Å². The van der Waals surface area contributed by atoms with Crippen molar-refractivity contribution in [1.82, 2.24) is 9.47 Å². The number of likely N-dealkylation sites (N-methyl/N-ethyl adjacent to an activating group) is 1. The van der Waals surface area contributed by atoms with E-state index in [1.165, 1.54) is 0 Å². The van der Waals surface area contributed by atoms with Crippen LogP contribution >= 0.6 is 0 Å². The molecule has 1 rings (SSSR count). The molecule has 0 aliphatic carbocycles. The molecule has 0 aliphatic rings. The van der Waals surface area contributed by atoms with Gasteiger partial charge in [0, 0.05) is 30.0 Å². The van der Waals surface area contributed by atoms with Crippen molar-refractivity contribution in [2.24, 2.45) is 0 Å². The first kappa shape index (κ1) is 11.0. The van der Waals surface area contributed by atoms with Crippen molar-refractivity contribution in [1.29, 1.82) is 0 Å². The summed E-state index contributed by atoms with van der Waals surface area (Å²) in [5, 5.41) is 0. The third-order valence-corrected chi connectivity index (χ3v) is 2.51. The largest absolute Gasteiger partial charge is 0.347 e. The van der Waals surface area contributed by atoms with Crippen molar-refractivity contribution in [2.75, 3.05) is 20.6 Å². The monoisotopic (exact) mass is 194 g/mol. The number of aldehydes is 1. The molecule has 1 heterocycles. The zero-order valence-corrected chi connectivity index (χ0v) is 9.37. The minimum atomic E-state index is 0.807. The van der Waals surface area contributed by atoms with Crippen molar-refractivity contribution in [2.45, 2.75) is 20.4 Å². The third kappa shape index (κ3) is 2.23. The molecule has 0 unspecified atom stereocenters. The molecule has 0 spiro atoms. The molecule has 0 atom stereocenters. The highest BCUT2D eigenvalue weighted by atomic mass is 16.1. The summed E-state index contributed by atoms with van der Waals surface area (Å²) in [7, 11) is 4.10. The summed E-state index contributed by atoms with van der Waals surface area (Å²) in [6, 6.07) is 1.94. The van der Waals surface area contributed by atoms with E-state index in [1.54, 1.807) is 0 Å². The summed E-state index contributed by atoms with van der Waals surface area (Å²) in [5.41, 5.74) is 3.03. The second kappa shape index (κ2) is 4.42. The lowest BCUT2D eigenvalue weighted by molar-refractivity contribution is 0.112. The van der Waals surface area contributed by atoms with E-state index in [1.807, 2.05) is 19.9 Å². The Labute approximate surface area is 85.3 Å². The number of hydrogen-bond donors (Lipinski definition) is 0. The van der Waals surface area contributed by atoms with Gasteiger partial charge in [-0.25, -0.2) is 0 Å². The molecule has 1 aromatic rings. The van der Waals surface area contributed by atoms with Crippen molar-refractivity contribution in [3.8, 4) is 0 Å². The standard InChI is InChI=1S/C11H18N2O/c1-9-7-11(8-14)10(2)13(9)6-5-12(3)4/h7-8H,5-6H2,1-4H3. The summed E-state index contributed by atoms with van der Waals surface area (Å²) in [4.78, 5) is 12.8. The van der Waals surface area contributed by atoms with E-state index in [9.17, 15) is 4.79 Å². The Hall–Kier alpha value is -1.09. The van der Waals surface area contributed by atoms with Crippen LogP contribution in [0.5, 0.6) is 0 Å². The second-order valence-electron chi connectivity index (χ2n) is 3.90. The second-order valence-corrected chi connectivity index (χ2v) is 3.90. The molecule has 0 radical (unpaired) electrons. The van der Waals surface area contributed by atoms with Crippen LogP contribution in [-0.2, 0) is 6.54 Å². The smallest absolute Gasteiger partial charge is 0.151 e. The van der Waals surface area contributed by atoms with Crippen LogP contribution in [0.2, 0.25) is 0 Å². The predicted octanol–water partition coefficient (Wildman–Crippen LogP) is 1.48. The van der Waals surface area contributed by atoms with Gasteiger partial charge in [0.05, 0.1) is 0 Å². The molecule has 78 valence electrons. The number of nitrogens with zero attached hydrogens (tertiary/aromatic N) is 2. The fourth-order valence-electron chi connectivity index (χ4n) is 1.59. The molecule has 0 saturated carbocycles. The Balaban J connectivity index is 2.85. The van der Waals surface area contributed by atoms with Crippen LogP contribution in [-0.4, -0.2) is 36.4 Å². The van der Waals surface area contributed by atoms with Crippen LogP contribution in [0.3, 0.4) is 0 Å². The van der Waals surface area contributed by atoms with Crippen LogP contribution in [0, 0.1) is 13.8 Å². The first-order valence-corrected chi connectivity index (χ1v) is 4.83. The Bertz CT molecular complexity index is 326. The Morgan fingerprint density at radius 3 is 2.50 bits per heavy atom. The van der Waals surface area contributed by atoms with Gasteiger partial charge in [0.15, 0.2) is 6.29 Å². The maximum absolute atomic E-state index is 10.7. The predicted molar refractivity (Wildman–Crippen MR) is 57.8 cm³/mol. The van der Waals surface area contributed by atoms with Gasteiger partial charge in [0.1, 0.15) is 0 Å². The number of aryl methyl sites for hydroxylation is 1. The zero-order chi connectivity index (χ0) is 10.7. The number of carbonyl (C=O) groups is 1. The number of carbonyl (C=O) groups excluding carboxylic acids is 1. The Kier molecular flexibility index (Phi) is 3.47. The first-order valence-electron chi connectivity index (χ1n) is 4.83.